The molecule has 1 N–H and O–H groups in total. The van der Waals surface area contributed by atoms with E-state index < -0.39 is 11.6 Å². The summed E-state index contributed by atoms with van der Waals surface area (Å²) in [6.07, 6.45) is 2.56. The van der Waals surface area contributed by atoms with Crippen LogP contribution in [0.2, 0.25) is 0 Å². The molecule has 25 heavy (non-hydrogen) atoms. The average Bonchev–Trinajstić information content (AvgIpc) is 3.11. The maximum Gasteiger partial charge on any atom is 0.348 e. The quantitative estimate of drug-likeness (QED) is 0.883. The number of likely N-dealkylation sites (N-methyl/N-ethyl adjacent to an activating group) is 1. The van der Waals surface area contributed by atoms with E-state index in [0.717, 1.165) is 25.9 Å². The lowest BCUT2D eigenvalue weighted by Gasteiger charge is -2.40. The van der Waals surface area contributed by atoms with Gasteiger partial charge in [0.05, 0.1) is 6.04 Å². The molecule has 0 bridgehead atoms. The van der Waals surface area contributed by atoms with Gasteiger partial charge in [0.15, 0.2) is 0 Å². The summed E-state index contributed by atoms with van der Waals surface area (Å²) in [4.78, 5) is 28.7. The number of aliphatic carboxylic acids is 1. The van der Waals surface area contributed by atoms with Crippen LogP contribution in [-0.4, -0.2) is 64.6 Å². The van der Waals surface area contributed by atoms with E-state index in [2.05, 4.69) is 11.8 Å². The van der Waals surface area contributed by atoms with Crippen molar-refractivity contribution in [3.63, 3.8) is 0 Å². The van der Waals surface area contributed by atoms with E-state index in [9.17, 15) is 14.7 Å². The summed E-state index contributed by atoms with van der Waals surface area (Å²) < 4.78 is 5.85. The molecule has 1 aromatic rings. The van der Waals surface area contributed by atoms with Crippen LogP contribution in [0.1, 0.15) is 32.6 Å². The fourth-order valence-electron chi connectivity index (χ4n) is 3.86. The number of hydrogen-bond donors (Lipinski definition) is 1. The van der Waals surface area contributed by atoms with Gasteiger partial charge in [-0.15, -0.1) is 0 Å². The molecule has 2 fully saturated rings. The molecular weight excluding hydrogens is 320 g/mol. The van der Waals surface area contributed by atoms with Gasteiger partial charge >= 0.3 is 5.97 Å². The summed E-state index contributed by atoms with van der Waals surface area (Å²) in [5.41, 5.74) is -1.25. The van der Waals surface area contributed by atoms with Crippen molar-refractivity contribution in [2.75, 3.05) is 26.2 Å². The van der Waals surface area contributed by atoms with Crippen molar-refractivity contribution in [2.45, 2.75) is 44.2 Å². The van der Waals surface area contributed by atoms with Crippen molar-refractivity contribution in [3.05, 3.63) is 30.3 Å². The number of hydrogen-bond acceptors (Lipinski definition) is 4. The smallest absolute Gasteiger partial charge is 0.348 e. The first-order chi connectivity index (χ1) is 12.1. The molecule has 0 aliphatic carbocycles. The summed E-state index contributed by atoms with van der Waals surface area (Å²) in [7, 11) is 0. The molecule has 2 aliphatic heterocycles. The number of carbonyl (C=O) groups is 2. The Morgan fingerprint density at radius 2 is 1.88 bits per heavy atom. The SMILES string of the molecule is CCN1CCC[C@H]1C(=O)N1CCC(Oc2ccccc2)(C(=O)O)CC1. The van der Waals surface area contributed by atoms with Crippen molar-refractivity contribution < 1.29 is 19.4 Å². The molecule has 0 unspecified atom stereocenters. The lowest BCUT2D eigenvalue weighted by atomic mass is 9.90. The zero-order chi connectivity index (χ0) is 17.9. The van der Waals surface area contributed by atoms with E-state index in [1.165, 1.54) is 0 Å². The van der Waals surface area contributed by atoms with Crippen LogP contribution in [0.25, 0.3) is 0 Å². The Bertz CT molecular complexity index is 611. The van der Waals surface area contributed by atoms with Crippen LogP contribution in [0.3, 0.4) is 0 Å². The largest absolute Gasteiger partial charge is 0.478 e. The number of benzene rings is 1. The van der Waals surface area contributed by atoms with E-state index in [4.69, 9.17) is 4.74 Å². The molecule has 0 saturated carbocycles. The Morgan fingerprint density at radius 3 is 2.48 bits per heavy atom. The lowest BCUT2D eigenvalue weighted by Crippen LogP contribution is -2.56. The predicted octanol–water partition coefficient (Wildman–Crippen LogP) is 2.00. The van der Waals surface area contributed by atoms with E-state index in [1.807, 2.05) is 23.1 Å². The topological polar surface area (TPSA) is 70.1 Å². The first kappa shape index (κ1) is 17.7. The fraction of sp³-hybridized carbons (Fsp3) is 0.579. The number of nitrogens with zero attached hydrogens (tertiary/aromatic N) is 2. The van der Waals surface area contributed by atoms with Crippen LogP contribution >= 0.6 is 0 Å². The standard InChI is InChI=1S/C19H26N2O4/c1-2-20-12-6-9-16(20)17(22)21-13-10-19(11-14-21,18(23)24)25-15-7-4-3-5-8-15/h3-5,7-8,16H,2,6,9-14H2,1H3,(H,23,24)/t16-/m0/s1. The maximum atomic E-state index is 12.8. The third-order valence-corrected chi connectivity index (χ3v) is 5.38. The highest BCUT2D eigenvalue weighted by Crippen LogP contribution is 2.30. The van der Waals surface area contributed by atoms with Crippen LogP contribution in [0.4, 0.5) is 0 Å². The van der Waals surface area contributed by atoms with Gasteiger partial charge in [-0.05, 0) is 38.1 Å². The van der Waals surface area contributed by atoms with Gasteiger partial charge in [-0.1, -0.05) is 25.1 Å². The lowest BCUT2D eigenvalue weighted by molar-refractivity contribution is -0.162. The third kappa shape index (κ3) is 3.63. The van der Waals surface area contributed by atoms with Crippen LogP contribution in [0, 0.1) is 0 Å². The Kier molecular flexibility index (Phi) is 5.27. The Balaban J connectivity index is 1.66. The number of ether oxygens (including phenoxy) is 1. The van der Waals surface area contributed by atoms with Gasteiger partial charge in [0.25, 0.3) is 0 Å². The highest BCUT2D eigenvalue weighted by atomic mass is 16.5. The summed E-state index contributed by atoms with van der Waals surface area (Å²) >= 11 is 0. The van der Waals surface area contributed by atoms with E-state index in [-0.39, 0.29) is 11.9 Å². The number of carbonyl (C=O) groups excluding carboxylic acids is 1. The minimum atomic E-state index is -1.25. The van der Waals surface area contributed by atoms with E-state index in [0.29, 0.717) is 31.7 Å². The van der Waals surface area contributed by atoms with Gasteiger partial charge in [0.1, 0.15) is 5.75 Å². The molecule has 1 atom stereocenters. The molecule has 2 aliphatic rings. The first-order valence-corrected chi connectivity index (χ1v) is 9.06. The zero-order valence-electron chi connectivity index (χ0n) is 14.7. The van der Waals surface area contributed by atoms with Gasteiger partial charge in [0, 0.05) is 25.9 Å². The second kappa shape index (κ2) is 7.44. The van der Waals surface area contributed by atoms with Crippen LogP contribution < -0.4 is 4.74 Å². The second-order valence-electron chi connectivity index (χ2n) is 6.83. The predicted molar refractivity (Wildman–Crippen MR) is 93.5 cm³/mol. The summed E-state index contributed by atoms with van der Waals surface area (Å²) in [6, 6.07) is 8.99. The molecule has 1 amide bonds. The van der Waals surface area contributed by atoms with Gasteiger partial charge < -0.3 is 14.7 Å². The summed E-state index contributed by atoms with van der Waals surface area (Å²) in [5, 5.41) is 9.73. The van der Waals surface area contributed by atoms with Crippen molar-refractivity contribution in [3.8, 4) is 5.75 Å². The zero-order valence-corrected chi connectivity index (χ0v) is 14.7. The molecule has 0 radical (unpaired) electrons. The van der Waals surface area contributed by atoms with Crippen LogP contribution in [0.15, 0.2) is 30.3 Å². The number of rotatable bonds is 5. The molecule has 0 spiro atoms. The molecular formula is C19H26N2O4. The molecule has 6 nitrogen and oxygen atoms in total. The maximum absolute atomic E-state index is 12.8. The van der Waals surface area contributed by atoms with Crippen molar-refractivity contribution in [2.24, 2.45) is 0 Å². The monoisotopic (exact) mass is 346 g/mol. The highest BCUT2D eigenvalue weighted by molar-refractivity contribution is 5.83. The Morgan fingerprint density at radius 1 is 1.20 bits per heavy atom. The molecule has 6 heteroatoms. The Hall–Kier alpha value is -2.08. The molecule has 1 aromatic carbocycles. The van der Waals surface area contributed by atoms with Gasteiger partial charge in [-0.25, -0.2) is 4.79 Å². The highest BCUT2D eigenvalue weighted by Gasteiger charge is 2.46. The second-order valence-corrected chi connectivity index (χ2v) is 6.83. The van der Waals surface area contributed by atoms with Gasteiger partial charge in [-0.2, -0.15) is 0 Å². The minimum absolute atomic E-state index is 0.0441. The number of carboxylic acids is 1. The number of likely N-dealkylation sites (tertiary alicyclic amines) is 2. The van der Waals surface area contributed by atoms with E-state index >= 15 is 0 Å². The number of piperidine rings is 1. The Labute approximate surface area is 148 Å². The molecule has 3 rings (SSSR count). The first-order valence-electron chi connectivity index (χ1n) is 9.06. The van der Waals surface area contributed by atoms with Crippen molar-refractivity contribution in [1.82, 2.24) is 9.80 Å². The normalized spacial score (nSPS) is 23.4. The third-order valence-electron chi connectivity index (χ3n) is 5.38. The van der Waals surface area contributed by atoms with E-state index in [1.54, 1.807) is 12.1 Å². The van der Waals surface area contributed by atoms with Crippen LogP contribution in [0.5, 0.6) is 5.75 Å². The molecule has 136 valence electrons. The fourth-order valence-corrected chi connectivity index (χ4v) is 3.86. The van der Waals surface area contributed by atoms with Crippen molar-refractivity contribution in [1.29, 1.82) is 0 Å². The minimum Gasteiger partial charge on any atom is -0.478 e. The molecule has 2 saturated heterocycles. The van der Waals surface area contributed by atoms with Gasteiger partial charge in [-0.3, -0.25) is 9.69 Å². The number of carboxylic acid groups (broad SMARTS) is 1. The number of para-hydroxylation sites is 1. The summed E-state index contributed by atoms with van der Waals surface area (Å²) in [6.45, 7) is 4.76. The van der Waals surface area contributed by atoms with Crippen molar-refractivity contribution >= 4 is 11.9 Å². The molecule has 0 aromatic heterocycles. The van der Waals surface area contributed by atoms with Crippen LogP contribution in [-0.2, 0) is 9.59 Å². The average molecular weight is 346 g/mol. The van der Waals surface area contributed by atoms with Gasteiger partial charge in [0.2, 0.25) is 11.5 Å². The summed E-state index contributed by atoms with van der Waals surface area (Å²) in [5.74, 6) is -0.268. The number of amides is 1. The molecule has 2 heterocycles.